The first-order chi connectivity index (χ1) is 9.97. The molecule has 1 aliphatic heterocycles. The fraction of sp³-hybridized carbons (Fsp3) is 0.722. The number of carbonyl (C=O) groups is 1. The summed E-state index contributed by atoms with van der Waals surface area (Å²) in [7, 11) is 0. The number of carbonyl (C=O) groups excluding carboxylic acids is 1. The Bertz CT molecular complexity index is 424. The highest BCUT2D eigenvalue weighted by Gasteiger charge is 2.51. The Kier molecular flexibility index (Phi) is 5.13. The molecule has 0 bridgehead atoms. The lowest BCUT2D eigenvalue weighted by molar-refractivity contribution is -0.269. The van der Waals surface area contributed by atoms with Crippen LogP contribution in [0.4, 0.5) is 0 Å². The van der Waals surface area contributed by atoms with Gasteiger partial charge in [0.25, 0.3) is 5.79 Å². The van der Waals surface area contributed by atoms with E-state index in [2.05, 4.69) is 27.4 Å². The van der Waals surface area contributed by atoms with Crippen molar-refractivity contribution < 1.29 is 14.3 Å². The third-order valence-corrected chi connectivity index (χ3v) is 4.66. The van der Waals surface area contributed by atoms with Crippen LogP contribution in [0.5, 0.6) is 0 Å². The molecule has 1 heterocycles. The molecular weight excluding hydrogens is 264 g/mol. The van der Waals surface area contributed by atoms with Gasteiger partial charge in [0.1, 0.15) is 5.76 Å². The highest BCUT2D eigenvalue weighted by molar-refractivity contribution is 5.83. The first-order valence-electron chi connectivity index (χ1n) is 8.20. The number of hydrogen-bond acceptors (Lipinski definition) is 3. The summed E-state index contributed by atoms with van der Waals surface area (Å²) in [5, 5.41) is 0. The fourth-order valence-corrected chi connectivity index (χ4v) is 3.65. The number of esters is 1. The largest absolute Gasteiger partial charge is 0.456 e. The van der Waals surface area contributed by atoms with Crippen molar-refractivity contribution in [3.05, 3.63) is 24.5 Å². The average molecular weight is 292 g/mol. The Morgan fingerprint density at radius 2 is 2.19 bits per heavy atom. The predicted octanol–water partition coefficient (Wildman–Crippen LogP) is 4.59. The third-order valence-electron chi connectivity index (χ3n) is 4.66. The van der Waals surface area contributed by atoms with Crippen LogP contribution in [0.25, 0.3) is 0 Å². The molecule has 3 atom stereocenters. The normalized spacial score (nSPS) is 32.6. The molecule has 0 N–H and O–H groups in total. The molecule has 118 valence electrons. The van der Waals surface area contributed by atoms with Gasteiger partial charge in [0.05, 0.1) is 6.08 Å². The lowest BCUT2D eigenvalue weighted by atomic mass is 9.72. The average Bonchev–Trinajstić information content (AvgIpc) is 2.37. The van der Waals surface area contributed by atoms with Crippen molar-refractivity contribution in [1.29, 1.82) is 0 Å². The summed E-state index contributed by atoms with van der Waals surface area (Å²) in [6, 6.07) is 0. The Morgan fingerprint density at radius 3 is 2.86 bits per heavy atom. The maximum Gasteiger partial charge on any atom is 0.337 e. The van der Waals surface area contributed by atoms with Crippen LogP contribution in [0.2, 0.25) is 0 Å². The Labute approximate surface area is 128 Å². The van der Waals surface area contributed by atoms with Crippen molar-refractivity contribution in [2.24, 2.45) is 17.8 Å². The van der Waals surface area contributed by atoms with E-state index in [4.69, 9.17) is 9.47 Å². The van der Waals surface area contributed by atoms with Crippen LogP contribution in [-0.2, 0) is 14.3 Å². The molecule has 1 aliphatic carbocycles. The Hall–Kier alpha value is -1.25. The number of hydrogen-bond donors (Lipinski definition) is 0. The summed E-state index contributed by atoms with van der Waals surface area (Å²) in [5.41, 5.74) is 0. The standard InChI is InChI=1S/C18H28O3/c1-5-6-7-8-15-11-17(19)21-18(20-15)12-14(4)9-10-16(18)13(2)3/h5,11,13-14,16H,1,6-10,12H2,2-4H3/t14-,16+,18+/m1/s1. The van der Waals surface area contributed by atoms with E-state index in [1.54, 1.807) is 0 Å². The number of ether oxygens (including phenoxy) is 2. The van der Waals surface area contributed by atoms with Gasteiger partial charge in [-0.05, 0) is 37.5 Å². The van der Waals surface area contributed by atoms with E-state index in [1.807, 2.05) is 6.08 Å². The van der Waals surface area contributed by atoms with Crippen LogP contribution < -0.4 is 0 Å². The summed E-state index contributed by atoms with van der Waals surface area (Å²) in [5.74, 6) is 1.06. The van der Waals surface area contributed by atoms with Crippen molar-refractivity contribution >= 4 is 5.97 Å². The van der Waals surface area contributed by atoms with E-state index in [0.717, 1.165) is 37.9 Å². The van der Waals surface area contributed by atoms with Crippen molar-refractivity contribution in [1.82, 2.24) is 0 Å². The summed E-state index contributed by atoms with van der Waals surface area (Å²) in [6.07, 6.45) is 9.14. The molecule has 0 radical (unpaired) electrons. The van der Waals surface area contributed by atoms with Crippen LogP contribution in [0, 0.1) is 17.8 Å². The van der Waals surface area contributed by atoms with Gasteiger partial charge in [-0.15, -0.1) is 6.58 Å². The van der Waals surface area contributed by atoms with Gasteiger partial charge in [0.2, 0.25) is 0 Å². The molecule has 0 amide bonds. The van der Waals surface area contributed by atoms with E-state index in [-0.39, 0.29) is 11.9 Å². The van der Waals surface area contributed by atoms with E-state index in [0.29, 0.717) is 11.8 Å². The Morgan fingerprint density at radius 1 is 1.43 bits per heavy atom. The first kappa shape index (κ1) is 16.1. The zero-order valence-electron chi connectivity index (χ0n) is 13.6. The van der Waals surface area contributed by atoms with Crippen LogP contribution in [0.15, 0.2) is 24.5 Å². The maximum absolute atomic E-state index is 12.1. The molecule has 1 saturated carbocycles. The molecule has 2 rings (SSSR count). The second-order valence-corrected chi connectivity index (χ2v) is 6.86. The number of rotatable bonds is 5. The quantitative estimate of drug-likeness (QED) is 0.422. The van der Waals surface area contributed by atoms with Gasteiger partial charge >= 0.3 is 5.97 Å². The van der Waals surface area contributed by atoms with Crippen molar-refractivity contribution in [2.45, 2.75) is 65.1 Å². The smallest absolute Gasteiger partial charge is 0.337 e. The number of unbranched alkanes of at least 4 members (excludes halogenated alkanes) is 1. The summed E-state index contributed by atoms with van der Waals surface area (Å²) < 4.78 is 12.0. The van der Waals surface area contributed by atoms with Crippen LogP contribution in [0.3, 0.4) is 0 Å². The van der Waals surface area contributed by atoms with Gasteiger partial charge in [-0.3, -0.25) is 0 Å². The van der Waals surface area contributed by atoms with Crippen LogP contribution in [0.1, 0.15) is 59.3 Å². The molecule has 0 aromatic heterocycles. The predicted molar refractivity (Wildman–Crippen MR) is 83.4 cm³/mol. The van der Waals surface area contributed by atoms with Gasteiger partial charge in [0, 0.05) is 18.8 Å². The molecule has 2 aliphatic rings. The van der Waals surface area contributed by atoms with Gasteiger partial charge in [0.15, 0.2) is 0 Å². The maximum atomic E-state index is 12.1. The second kappa shape index (κ2) is 6.67. The molecule has 1 fully saturated rings. The minimum absolute atomic E-state index is 0.241. The zero-order chi connectivity index (χ0) is 15.5. The van der Waals surface area contributed by atoms with Crippen molar-refractivity contribution in [2.75, 3.05) is 0 Å². The van der Waals surface area contributed by atoms with Gasteiger partial charge in [-0.25, -0.2) is 4.79 Å². The zero-order valence-corrected chi connectivity index (χ0v) is 13.6. The first-order valence-corrected chi connectivity index (χ1v) is 8.20. The highest BCUT2D eigenvalue weighted by Crippen LogP contribution is 2.47. The molecule has 0 saturated heterocycles. The van der Waals surface area contributed by atoms with Gasteiger partial charge in [-0.2, -0.15) is 0 Å². The molecule has 3 nitrogen and oxygen atoms in total. The minimum atomic E-state index is -0.735. The molecule has 1 spiro atoms. The van der Waals surface area contributed by atoms with Crippen molar-refractivity contribution in [3.63, 3.8) is 0 Å². The molecule has 0 aromatic carbocycles. The van der Waals surface area contributed by atoms with Gasteiger partial charge in [-0.1, -0.05) is 26.8 Å². The van der Waals surface area contributed by atoms with E-state index in [9.17, 15) is 4.79 Å². The van der Waals surface area contributed by atoms with E-state index < -0.39 is 5.79 Å². The van der Waals surface area contributed by atoms with Crippen molar-refractivity contribution in [3.8, 4) is 0 Å². The third kappa shape index (κ3) is 3.69. The highest BCUT2D eigenvalue weighted by atomic mass is 16.7. The monoisotopic (exact) mass is 292 g/mol. The van der Waals surface area contributed by atoms with Gasteiger partial charge < -0.3 is 9.47 Å². The topological polar surface area (TPSA) is 35.5 Å². The van der Waals surface area contributed by atoms with E-state index >= 15 is 0 Å². The Balaban J connectivity index is 2.17. The summed E-state index contributed by atoms with van der Waals surface area (Å²) in [6.45, 7) is 10.3. The second-order valence-electron chi connectivity index (χ2n) is 6.86. The summed E-state index contributed by atoms with van der Waals surface area (Å²) in [4.78, 5) is 12.1. The lowest BCUT2D eigenvalue weighted by Gasteiger charge is -2.48. The molecule has 21 heavy (non-hydrogen) atoms. The molecule has 0 unspecified atom stereocenters. The summed E-state index contributed by atoms with van der Waals surface area (Å²) >= 11 is 0. The molecule has 0 aromatic rings. The van der Waals surface area contributed by atoms with Crippen LogP contribution in [-0.4, -0.2) is 11.8 Å². The van der Waals surface area contributed by atoms with E-state index in [1.165, 1.54) is 12.5 Å². The number of allylic oxidation sites excluding steroid dienone is 2. The van der Waals surface area contributed by atoms with Crippen LogP contribution >= 0.6 is 0 Å². The SMILES string of the molecule is C=CCCCC1=CC(=O)O[C@]2(C[C@H](C)CC[C@H]2C(C)C)O1. The fourth-order valence-electron chi connectivity index (χ4n) is 3.65. The lowest BCUT2D eigenvalue weighted by Crippen LogP contribution is -2.52. The minimum Gasteiger partial charge on any atom is -0.456 e. The molecular formula is C18H28O3. The molecule has 3 heteroatoms.